The maximum Gasteiger partial charge on any atom is 0.393 e. The molecule has 116 valence electrons. The van der Waals surface area contributed by atoms with Gasteiger partial charge in [0.15, 0.2) is 15.0 Å². The summed E-state index contributed by atoms with van der Waals surface area (Å²) in [5, 5.41) is 0. The highest BCUT2D eigenvalue weighted by Crippen LogP contribution is 2.73. The fraction of sp³-hybridized carbons (Fsp3) is 1.00. The molecule has 0 bridgehead atoms. The van der Waals surface area contributed by atoms with Gasteiger partial charge in [0.25, 0.3) is 0 Å². The Labute approximate surface area is 121 Å². The van der Waals surface area contributed by atoms with Crippen LogP contribution in [0.25, 0.3) is 0 Å². The van der Waals surface area contributed by atoms with E-state index in [9.17, 15) is 4.57 Å². The Morgan fingerprint density at radius 3 is 1.42 bits per heavy atom. The Morgan fingerprint density at radius 1 is 0.842 bits per heavy atom. The van der Waals surface area contributed by atoms with E-state index in [1.165, 1.54) is 0 Å². The topological polar surface area (TPSA) is 35.5 Å². The number of hydrogen-bond donors (Lipinski definition) is 0. The Kier molecular flexibility index (Phi) is 8.90. The van der Waals surface area contributed by atoms with E-state index in [1.807, 2.05) is 0 Å². The SMILES string of the molecule is CCCC[P+](C)(C)OP(C)(=O)O[P+](C)(C)CCCC. The lowest BCUT2D eigenvalue weighted by molar-refractivity contribution is 0.417. The maximum atomic E-state index is 12.6. The van der Waals surface area contributed by atoms with E-state index in [-0.39, 0.29) is 0 Å². The standard InChI is InChI=1S/C13H33O3P3/c1-8-10-12-17(3,4)15-19(7,14)16-18(5,6)13-11-9-2/h8-13H2,1-7H3/q+2. The second kappa shape index (κ2) is 8.45. The Morgan fingerprint density at radius 2 is 1.16 bits per heavy atom. The van der Waals surface area contributed by atoms with Crippen LogP contribution >= 0.6 is 22.6 Å². The van der Waals surface area contributed by atoms with Crippen LogP contribution in [0.1, 0.15) is 39.5 Å². The van der Waals surface area contributed by atoms with E-state index < -0.39 is 22.6 Å². The maximum absolute atomic E-state index is 12.6. The quantitative estimate of drug-likeness (QED) is 0.473. The Balaban J connectivity index is 4.49. The number of rotatable bonds is 10. The molecule has 0 atom stereocenters. The highest BCUT2D eigenvalue weighted by atomic mass is 31.3. The molecule has 0 N–H and O–H groups in total. The van der Waals surface area contributed by atoms with Gasteiger partial charge in [-0.1, -0.05) is 26.7 Å². The lowest BCUT2D eigenvalue weighted by atomic mass is 10.4. The van der Waals surface area contributed by atoms with Crippen molar-refractivity contribution in [3.05, 3.63) is 0 Å². The largest absolute Gasteiger partial charge is 0.393 e. The lowest BCUT2D eigenvalue weighted by Gasteiger charge is -2.24. The fourth-order valence-electron chi connectivity index (χ4n) is 1.98. The summed E-state index contributed by atoms with van der Waals surface area (Å²) in [5.41, 5.74) is 0. The molecule has 0 aliphatic carbocycles. The predicted octanol–water partition coefficient (Wildman–Crippen LogP) is 5.83. The average molecular weight is 330 g/mol. The molecular formula is C13H33O3P3+2. The zero-order valence-electron chi connectivity index (χ0n) is 13.8. The molecule has 0 fully saturated rings. The first-order valence-corrected chi connectivity index (χ1v) is 14.8. The summed E-state index contributed by atoms with van der Waals surface area (Å²) in [5.74, 6) is 0. The van der Waals surface area contributed by atoms with Crippen LogP contribution < -0.4 is 0 Å². The highest BCUT2D eigenvalue weighted by molar-refractivity contribution is 7.81. The van der Waals surface area contributed by atoms with Gasteiger partial charge in [0.05, 0.1) is 39.0 Å². The van der Waals surface area contributed by atoms with Crippen molar-refractivity contribution in [2.24, 2.45) is 0 Å². The molecule has 0 saturated carbocycles. The van der Waals surface area contributed by atoms with E-state index in [0.717, 1.165) is 38.0 Å². The van der Waals surface area contributed by atoms with E-state index in [0.29, 0.717) is 0 Å². The van der Waals surface area contributed by atoms with Crippen molar-refractivity contribution in [2.75, 3.05) is 45.6 Å². The normalized spacial score (nSPS) is 13.8. The van der Waals surface area contributed by atoms with Gasteiger partial charge in [-0.2, -0.15) is 8.62 Å². The van der Waals surface area contributed by atoms with Crippen LogP contribution in [-0.4, -0.2) is 45.6 Å². The van der Waals surface area contributed by atoms with Crippen LogP contribution in [-0.2, 0) is 13.2 Å². The van der Waals surface area contributed by atoms with E-state index >= 15 is 0 Å². The summed E-state index contributed by atoms with van der Waals surface area (Å²) in [6, 6.07) is 0. The summed E-state index contributed by atoms with van der Waals surface area (Å²) in [6.07, 6.45) is 6.62. The van der Waals surface area contributed by atoms with Crippen LogP contribution in [0.4, 0.5) is 0 Å². The first-order chi connectivity index (χ1) is 8.54. The van der Waals surface area contributed by atoms with Crippen LogP contribution in [0.5, 0.6) is 0 Å². The molecule has 0 amide bonds. The summed E-state index contributed by atoms with van der Waals surface area (Å²) < 4.78 is 24.4. The van der Waals surface area contributed by atoms with Crippen LogP contribution in [0.15, 0.2) is 0 Å². The second-order valence-corrected chi connectivity index (χ2v) is 16.3. The Bertz CT molecular complexity index is 278. The second-order valence-electron chi connectivity index (χ2n) is 6.24. The molecule has 0 heterocycles. The van der Waals surface area contributed by atoms with E-state index in [4.69, 9.17) is 8.62 Å². The van der Waals surface area contributed by atoms with Crippen molar-refractivity contribution in [3.63, 3.8) is 0 Å². The molecule has 3 nitrogen and oxygen atoms in total. The van der Waals surface area contributed by atoms with Crippen LogP contribution in [0.2, 0.25) is 0 Å². The van der Waals surface area contributed by atoms with Gasteiger partial charge in [0.1, 0.15) is 0 Å². The summed E-state index contributed by atoms with van der Waals surface area (Å²) in [6.45, 7) is 14.4. The first kappa shape index (κ1) is 20.0. The molecule has 0 spiro atoms. The molecule has 0 aliphatic heterocycles. The first-order valence-electron chi connectivity index (χ1n) is 7.20. The van der Waals surface area contributed by atoms with Gasteiger partial charge in [0.2, 0.25) is 0 Å². The van der Waals surface area contributed by atoms with Crippen LogP contribution in [0, 0.1) is 0 Å². The van der Waals surface area contributed by atoms with E-state index in [2.05, 4.69) is 40.5 Å². The number of hydrogen-bond acceptors (Lipinski definition) is 3. The van der Waals surface area contributed by atoms with Crippen molar-refractivity contribution in [2.45, 2.75) is 39.5 Å². The van der Waals surface area contributed by atoms with Gasteiger partial charge in [-0.05, 0) is 12.8 Å². The van der Waals surface area contributed by atoms with Gasteiger partial charge in [-0.3, -0.25) is 4.57 Å². The molecule has 0 rings (SSSR count). The van der Waals surface area contributed by atoms with Crippen molar-refractivity contribution < 1.29 is 13.2 Å². The minimum Gasteiger partial charge on any atom is -0.254 e. The van der Waals surface area contributed by atoms with Gasteiger partial charge in [-0.15, -0.1) is 0 Å². The predicted molar refractivity (Wildman–Crippen MR) is 92.8 cm³/mol. The van der Waals surface area contributed by atoms with Gasteiger partial charge in [-0.25, -0.2) is 0 Å². The molecule has 0 unspecified atom stereocenters. The minimum atomic E-state index is -2.92. The molecule has 19 heavy (non-hydrogen) atoms. The van der Waals surface area contributed by atoms with Crippen molar-refractivity contribution in [3.8, 4) is 0 Å². The molecule has 0 radical (unpaired) electrons. The summed E-state index contributed by atoms with van der Waals surface area (Å²) in [4.78, 5) is 0. The fourth-order valence-corrected chi connectivity index (χ4v) is 11.6. The average Bonchev–Trinajstić information content (AvgIpc) is 2.20. The highest BCUT2D eigenvalue weighted by Gasteiger charge is 2.43. The number of unbranched alkanes of at least 4 members (excludes halogenated alkanes) is 2. The van der Waals surface area contributed by atoms with Gasteiger partial charge >= 0.3 is 7.60 Å². The monoisotopic (exact) mass is 330 g/mol. The van der Waals surface area contributed by atoms with Crippen molar-refractivity contribution in [1.82, 2.24) is 0 Å². The lowest BCUT2D eigenvalue weighted by Crippen LogP contribution is -2.04. The zero-order valence-corrected chi connectivity index (χ0v) is 16.5. The third kappa shape index (κ3) is 10.4. The molecule has 0 saturated heterocycles. The van der Waals surface area contributed by atoms with Crippen LogP contribution in [0.3, 0.4) is 0 Å². The van der Waals surface area contributed by atoms with Crippen molar-refractivity contribution >= 4 is 22.6 Å². The molecular weight excluding hydrogens is 297 g/mol. The third-order valence-corrected chi connectivity index (χ3v) is 11.5. The van der Waals surface area contributed by atoms with E-state index in [1.54, 1.807) is 6.66 Å². The molecule has 0 aromatic heterocycles. The Hall–Kier alpha value is 1.01. The molecule has 6 heteroatoms. The summed E-state index contributed by atoms with van der Waals surface area (Å²) >= 11 is 0. The smallest absolute Gasteiger partial charge is 0.254 e. The zero-order chi connectivity index (χ0) is 15.2. The third-order valence-electron chi connectivity index (χ3n) is 2.84. The molecule has 0 aromatic rings. The minimum absolute atomic E-state index is 1.03. The van der Waals surface area contributed by atoms with Gasteiger partial charge < -0.3 is 0 Å². The van der Waals surface area contributed by atoms with Crippen molar-refractivity contribution in [1.29, 1.82) is 0 Å². The molecule has 0 aliphatic rings. The summed E-state index contributed by atoms with van der Waals surface area (Å²) in [7, 11) is -6.04. The van der Waals surface area contributed by atoms with Gasteiger partial charge in [0, 0.05) is 6.66 Å². The molecule has 0 aromatic carbocycles.